The molecule has 1 aliphatic rings. The SMILES string of the molecule is CCOC(=O)C1(C/C=C(\C)CCC=C(C)C)CCC(=O)C=C1C. The summed E-state index contributed by atoms with van der Waals surface area (Å²) in [6, 6.07) is 0. The van der Waals surface area contributed by atoms with Crippen molar-refractivity contribution in [2.75, 3.05) is 6.61 Å². The maximum atomic E-state index is 12.5. The third-order valence-corrected chi connectivity index (χ3v) is 4.49. The van der Waals surface area contributed by atoms with E-state index in [1.54, 1.807) is 6.08 Å². The van der Waals surface area contributed by atoms with E-state index in [9.17, 15) is 9.59 Å². The van der Waals surface area contributed by atoms with Crippen LogP contribution in [0.4, 0.5) is 0 Å². The van der Waals surface area contributed by atoms with E-state index in [0.717, 1.165) is 18.4 Å². The van der Waals surface area contributed by atoms with Crippen LogP contribution in [0.2, 0.25) is 0 Å². The van der Waals surface area contributed by atoms with E-state index in [-0.39, 0.29) is 11.8 Å². The summed E-state index contributed by atoms with van der Waals surface area (Å²) >= 11 is 0. The van der Waals surface area contributed by atoms with Crippen molar-refractivity contribution in [3.63, 3.8) is 0 Å². The van der Waals surface area contributed by atoms with Crippen LogP contribution in [-0.2, 0) is 14.3 Å². The number of hydrogen-bond acceptors (Lipinski definition) is 3. The van der Waals surface area contributed by atoms with Gasteiger partial charge in [0.1, 0.15) is 0 Å². The van der Waals surface area contributed by atoms with Gasteiger partial charge in [0.05, 0.1) is 12.0 Å². The third kappa shape index (κ3) is 5.49. The maximum Gasteiger partial charge on any atom is 0.316 e. The number of rotatable bonds is 7. The van der Waals surface area contributed by atoms with Gasteiger partial charge in [0.25, 0.3) is 0 Å². The molecule has 0 amide bonds. The van der Waals surface area contributed by atoms with E-state index in [1.165, 1.54) is 11.1 Å². The molecule has 0 aromatic heterocycles. The second-order valence-electron chi connectivity index (χ2n) is 6.67. The summed E-state index contributed by atoms with van der Waals surface area (Å²) in [6.07, 6.45) is 9.57. The molecule has 3 heteroatoms. The van der Waals surface area contributed by atoms with Crippen molar-refractivity contribution in [3.05, 3.63) is 34.9 Å². The van der Waals surface area contributed by atoms with E-state index in [2.05, 4.69) is 32.9 Å². The second kappa shape index (κ2) is 8.85. The average Bonchev–Trinajstić information content (AvgIpc) is 2.46. The first-order valence-corrected chi connectivity index (χ1v) is 8.49. The van der Waals surface area contributed by atoms with E-state index in [0.29, 0.717) is 25.9 Å². The Labute approximate surface area is 140 Å². The topological polar surface area (TPSA) is 43.4 Å². The summed E-state index contributed by atoms with van der Waals surface area (Å²) in [5.41, 5.74) is 2.77. The van der Waals surface area contributed by atoms with Gasteiger partial charge >= 0.3 is 5.97 Å². The molecule has 1 atom stereocenters. The average molecular weight is 318 g/mol. The Morgan fingerprint density at radius 1 is 1.30 bits per heavy atom. The number of hydrogen-bond donors (Lipinski definition) is 0. The molecular weight excluding hydrogens is 288 g/mol. The smallest absolute Gasteiger partial charge is 0.316 e. The van der Waals surface area contributed by atoms with Gasteiger partial charge < -0.3 is 4.74 Å². The van der Waals surface area contributed by atoms with Crippen LogP contribution in [0.1, 0.15) is 66.7 Å². The van der Waals surface area contributed by atoms with Gasteiger partial charge in [-0.3, -0.25) is 9.59 Å². The highest BCUT2D eigenvalue weighted by Crippen LogP contribution is 2.41. The molecule has 0 saturated carbocycles. The first-order valence-electron chi connectivity index (χ1n) is 8.49. The largest absolute Gasteiger partial charge is 0.465 e. The zero-order chi connectivity index (χ0) is 17.5. The lowest BCUT2D eigenvalue weighted by Crippen LogP contribution is -2.37. The lowest BCUT2D eigenvalue weighted by Gasteiger charge is -2.34. The van der Waals surface area contributed by atoms with Gasteiger partial charge in [0.2, 0.25) is 0 Å². The Bertz CT molecular complexity index is 533. The third-order valence-electron chi connectivity index (χ3n) is 4.49. The molecule has 128 valence electrons. The van der Waals surface area contributed by atoms with Crippen LogP contribution in [0.25, 0.3) is 0 Å². The van der Waals surface area contributed by atoms with Crippen LogP contribution in [0.5, 0.6) is 0 Å². The van der Waals surface area contributed by atoms with Crippen molar-refractivity contribution in [2.24, 2.45) is 5.41 Å². The van der Waals surface area contributed by atoms with E-state index in [4.69, 9.17) is 4.74 Å². The Hall–Kier alpha value is -1.64. The van der Waals surface area contributed by atoms with Gasteiger partial charge in [-0.1, -0.05) is 28.9 Å². The summed E-state index contributed by atoms with van der Waals surface area (Å²) in [4.78, 5) is 24.2. The molecule has 0 aromatic carbocycles. The van der Waals surface area contributed by atoms with Gasteiger partial charge in [-0.15, -0.1) is 0 Å². The van der Waals surface area contributed by atoms with E-state index >= 15 is 0 Å². The Morgan fingerprint density at radius 3 is 2.57 bits per heavy atom. The van der Waals surface area contributed by atoms with Crippen LogP contribution in [-0.4, -0.2) is 18.4 Å². The first-order chi connectivity index (χ1) is 10.8. The Morgan fingerprint density at radius 2 is 2.00 bits per heavy atom. The summed E-state index contributed by atoms with van der Waals surface area (Å²) in [5.74, 6) is -0.0960. The summed E-state index contributed by atoms with van der Waals surface area (Å²) in [7, 11) is 0. The van der Waals surface area contributed by atoms with Crippen molar-refractivity contribution in [1.29, 1.82) is 0 Å². The number of carbonyl (C=O) groups is 2. The van der Waals surface area contributed by atoms with Crippen molar-refractivity contribution < 1.29 is 14.3 Å². The summed E-state index contributed by atoms with van der Waals surface area (Å²) in [6.45, 7) is 10.4. The van der Waals surface area contributed by atoms with Gasteiger partial charge in [0, 0.05) is 6.42 Å². The molecule has 23 heavy (non-hydrogen) atoms. The molecule has 0 N–H and O–H groups in total. The fourth-order valence-corrected chi connectivity index (χ4v) is 2.90. The molecule has 0 bridgehead atoms. The minimum absolute atomic E-state index is 0.103. The van der Waals surface area contributed by atoms with Crippen LogP contribution >= 0.6 is 0 Å². The molecule has 3 nitrogen and oxygen atoms in total. The van der Waals surface area contributed by atoms with Gasteiger partial charge in [-0.05, 0) is 66.4 Å². The monoisotopic (exact) mass is 318 g/mol. The number of carbonyl (C=O) groups excluding carboxylic acids is 2. The van der Waals surface area contributed by atoms with Crippen LogP contribution < -0.4 is 0 Å². The highest BCUT2D eigenvalue weighted by atomic mass is 16.5. The minimum Gasteiger partial charge on any atom is -0.465 e. The molecule has 1 rings (SSSR count). The van der Waals surface area contributed by atoms with Crippen molar-refractivity contribution in [3.8, 4) is 0 Å². The van der Waals surface area contributed by atoms with Crippen LogP contribution in [0.3, 0.4) is 0 Å². The minimum atomic E-state index is -0.665. The van der Waals surface area contributed by atoms with E-state index < -0.39 is 5.41 Å². The molecule has 0 radical (unpaired) electrons. The quantitative estimate of drug-likeness (QED) is 0.494. The van der Waals surface area contributed by atoms with Crippen molar-refractivity contribution in [2.45, 2.75) is 66.7 Å². The number of allylic oxidation sites excluding steroid dienone is 5. The normalized spacial score (nSPS) is 21.7. The Balaban J connectivity index is 2.90. The fourth-order valence-electron chi connectivity index (χ4n) is 2.90. The number of ether oxygens (including phenoxy) is 1. The second-order valence-corrected chi connectivity index (χ2v) is 6.67. The van der Waals surface area contributed by atoms with Gasteiger partial charge in [0.15, 0.2) is 5.78 Å². The molecule has 0 saturated heterocycles. The van der Waals surface area contributed by atoms with Crippen molar-refractivity contribution >= 4 is 11.8 Å². The lowest BCUT2D eigenvalue weighted by molar-refractivity contribution is -0.153. The number of esters is 1. The molecule has 0 aliphatic heterocycles. The van der Waals surface area contributed by atoms with Gasteiger partial charge in [-0.25, -0.2) is 0 Å². The van der Waals surface area contributed by atoms with E-state index in [1.807, 2.05) is 13.8 Å². The zero-order valence-corrected chi connectivity index (χ0v) is 15.2. The highest BCUT2D eigenvalue weighted by Gasteiger charge is 2.43. The molecular formula is C20H30O3. The predicted molar refractivity (Wildman–Crippen MR) is 94.1 cm³/mol. The zero-order valence-electron chi connectivity index (χ0n) is 15.2. The standard InChI is InChI=1S/C20H30O3/c1-6-23-19(22)20(13-11-18(21)14-17(20)5)12-10-16(4)9-7-8-15(2)3/h8,10,14H,6-7,9,11-13H2,1-5H3/b16-10+. The molecule has 0 fully saturated rings. The molecule has 0 heterocycles. The molecule has 1 unspecified atom stereocenters. The Kier molecular flexibility index (Phi) is 7.47. The highest BCUT2D eigenvalue weighted by molar-refractivity contribution is 5.95. The lowest BCUT2D eigenvalue weighted by atomic mass is 9.70. The fraction of sp³-hybridized carbons (Fsp3) is 0.600. The molecule has 1 aliphatic carbocycles. The van der Waals surface area contributed by atoms with Crippen molar-refractivity contribution in [1.82, 2.24) is 0 Å². The number of ketones is 1. The van der Waals surface area contributed by atoms with Crippen LogP contribution in [0, 0.1) is 5.41 Å². The van der Waals surface area contributed by atoms with Gasteiger partial charge in [-0.2, -0.15) is 0 Å². The summed E-state index contributed by atoms with van der Waals surface area (Å²) < 4.78 is 5.31. The molecule has 0 aromatic rings. The summed E-state index contributed by atoms with van der Waals surface area (Å²) in [5, 5.41) is 0. The van der Waals surface area contributed by atoms with Crippen LogP contribution in [0.15, 0.2) is 34.9 Å². The maximum absolute atomic E-state index is 12.5. The predicted octanol–water partition coefficient (Wildman–Crippen LogP) is 4.93. The molecule has 0 spiro atoms. The first kappa shape index (κ1) is 19.4.